The van der Waals surface area contributed by atoms with Crippen molar-refractivity contribution in [2.75, 3.05) is 12.3 Å². The number of hydrogen-bond donors (Lipinski definition) is 1. The average molecular weight is 431 g/mol. The standard InChI is InChI=1S/C25H26N4O3/c26-25-22-12-11-21(29(22)28-17-27-25)24-23(31-15-19-9-5-2-6-10-19)13-20(32-24)16-30-14-18-7-3-1-4-8-18/h1-12,17,20,23-24H,13-16H2,(H2,26,27,28)/t20-,23+,24-/m0/s1. The largest absolute Gasteiger partial charge is 0.382 e. The maximum absolute atomic E-state index is 6.42. The second-order valence-electron chi connectivity index (χ2n) is 7.95. The van der Waals surface area contributed by atoms with Crippen LogP contribution in [-0.2, 0) is 27.4 Å². The fourth-order valence-electron chi connectivity index (χ4n) is 4.10. The Balaban J connectivity index is 1.31. The smallest absolute Gasteiger partial charge is 0.151 e. The summed E-state index contributed by atoms with van der Waals surface area (Å²) in [6.45, 7) is 1.57. The van der Waals surface area contributed by atoms with Crippen LogP contribution in [0.15, 0.2) is 79.1 Å². The van der Waals surface area contributed by atoms with E-state index in [9.17, 15) is 0 Å². The van der Waals surface area contributed by atoms with Gasteiger partial charge in [-0.2, -0.15) is 5.10 Å². The number of aromatic nitrogens is 3. The van der Waals surface area contributed by atoms with Crippen molar-refractivity contribution in [3.8, 4) is 0 Å². The van der Waals surface area contributed by atoms with E-state index in [1.807, 2.05) is 48.5 Å². The molecule has 2 aromatic carbocycles. The quantitative estimate of drug-likeness (QED) is 0.456. The minimum atomic E-state index is -0.277. The summed E-state index contributed by atoms with van der Waals surface area (Å²) in [5, 5.41) is 4.38. The molecule has 1 saturated heterocycles. The van der Waals surface area contributed by atoms with Crippen LogP contribution in [0.2, 0.25) is 0 Å². The number of benzene rings is 2. The third-order valence-corrected chi connectivity index (χ3v) is 5.70. The van der Waals surface area contributed by atoms with Crippen LogP contribution in [-0.4, -0.2) is 33.4 Å². The minimum Gasteiger partial charge on any atom is -0.382 e. The molecule has 0 aliphatic carbocycles. The number of nitrogen functional groups attached to an aromatic ring is 1. The number of fused-ring (bicyclic) bond motifs is 1. The first-order valence-electron chi connectivity index (χ1n) is 10.8. The number of hydrogen-bond acceptors (Lipinski definition) is 6. The molecule has 3 heterocycles. The van der Waals surface area contributed by atoms with Crippen LogP contribution >= 0.6 is 0 Å². The van der Waals surface area contributed by atoms with Gasteiger partial charge in [-0.1, -0.05) is 60.7 Å². The summed E-state index contributed by atoms with van der Waals surface area (Å²) >= 11 is 0. The molecular formula is C25H26N4O3. The van der Waals surface area contributed by atoms with Gasteiger partial charge >= 0.3 is 0 Å². The van der Waals surface area contributed by atoms with Crippen molar-refractivity contribution in [3.05, 3.63) is 95.9 Å². The SMILES string of the molecule is Nc1ncnn2c([C@@H]3O[C@H](COCc4ccccc4)C[C@H]3OCc3ccccc3)ccc12. The highest BCUT2D eigenvalue weighted by Crippen LogP contribution is 2.37. The van der Waals surface area contributed by atoms with Crippen molar-refractivity contribution in [3.63, 3.8) is 0 Å². The fourth-order valence-corrected chi connectivity index (χ4v) is 4.10. The van der Waals surface area contributed by atoms with E-state index in [-0.39, 0.29) is 18.3 Å². The van der Waals surface area contributed by atoms with Crippen molar-refractivity contribution < 1.29 is 14.2 Å². The molecule has 7 heteroatoms. The number of ether oxygens (including phenoxy) is 3. The fraction of sp³-hybridized carbons (Fsp3) is 0.280. The van der Waals surface area contributed by atoms with Crippen molar-refractivity contribution in [1.82, 2.24) is 14.6 Å². The van der Waals surface area contributed by atoms with Gasteiger partial charge in [0.2, 0.25) is 0 Å². The van der Waals surface area contributed by atoms with Gasteiger partial charge in [-0.3, -0.25) is 0 Å². The third-order valence-electron chi connectivity index (χ3n) is 5.70. The predicted octanol–water partition coefficient (Wildman–Crippen LogP) is 3.94. The Bertz CT molecular complexity index is 1150. The zero-order chi connectivity index (χ0) is 21.8. The Labute approximate surface area is 186 Å². The van der Waals surface area contributed by atoms with E-state index in [2.05, 4.69) is 34.3 Å². The van der Waals surface area contributed by atoms with Crippen LogP contribution in [0.4, 0.5) is 5.82 Å². The molecule has 1 fully saturated rings. The van der Waals surface area contributed by atoms with Gasteiger partial charge in [-0.15, -0.1) is 0 Å². The number of anilines is 1. The first-order chi connectivity index (χ1) is 15.8. The van der Waals surface area contributed by atoms with Gasteiger partial charge in [0, 0.05) is 6.42 Å². The van der Waals surface area contributed by atoms with E-state index >= 15 is 0 Å². The number of rotatable bonds is 8. The predicted molar refractivity (Wildman–Crippen MR) is 121 cm³/mol. The van der Waals surface area contributed by atoms with Crippen molar-refractivity contribution in [2.45, 2.75) is 37.9 Å². The van der Waals surface area contributed by atoms with Gasteiger partial charge in [-0.25, -0.2) is 9.50 Å². The van der Waals surface area contributed by atoms with E-state index in [1.54, 1.807) is 4.52 Å². The van der Waals surface area contributed by atoms with Gasteiger partial charge in [0.25, 0.3) is 0 Å². The monoisotopic (exact) mass is 430 g/mol. The Morgan fingerprint density at radius 1 is 0.938 bits per heavy atom. The lowest BCUT2D eigenvalue weighted by Crippen LogP contribution is -2.19. The molecule has 0 spiro atoms. The summed E-state index contributed by atoms with van der Waals surface area (Å²) in [5.74, 6) is 0.439. The molecule has 0 unspecified atom stereocenters. The summed E-state index contributed by atoms with van der Waals surface area (Å²) in [5.41, 5.74) is 9.95. The Kier molecular flexibility index (Phi) is 6.11. The lowest BCUT2D eigenvalue weighted by atomic mass is 10.1. The first-order valence-corrected chi connectivity index (χ1v) is 10.8. The number of nitrogens with zero attached hydrogens (tertiary/aromatic N) is 3. The molecule has 1 aliphatic heterocycles. The zero-order valence-electron chi connectivity index (χ0n) is 17.7. The minimum absolute atomic E-state index is 0.0748. The Morgan fingerprint density at radius 3 is 2.41 bits per heavy atom. The van der Waals surface area contributed by atoms with Crippen molar-refractivity contribution in [1.29, 1.82) is 0 Å². The lowest BCUT2D eigenvalue weighted by molar-refractivity contribution is -0.0512. The van der Waals surface area contributed by atoms with Crippen LogP contribution in [0.25, 0.3) is 5.52 Å². The molecule has 0 amide bonds. The first kappa shape index (κ1) is 20.6. The molecule has 0 saturated carbocycles. The van der Waals surface area contributed by atoms with Gasteiger partial charge < -0.3 is 19.9 Å². The van der Waals surface area contributed by atoms with Gasteiger partial charge in [0.1, 0.15) is 17.9 Å². The van der Waals surface area contributed by atoms with Crippen LogP contribution in [0.5, 0.6) is 0 Å². The molecule has 2 N–H and O–H groups in total. The summed E-state index contributed by atoms with van der Waals surface area (Å²) in [7, 11) is 0. The van der Waals surface area contributed by atoms with E-state index in [4.69, 9.17) is 19.9 Å². The molecular weight excluding hydrogens is 404 g/mol. The summed E-state index contributed by atoms with van der Waals surface area (Å²) in [6, 6.07) is 24.2. The van der Waals surface area contributed by atoms with E-state index in [1.165, 1.54) is 6.33 Å². The van der Waals surface area contributed by atoms with Crippen molar-refractivity contribution in [2.24, 2.45) is 0 Å². The van der Waals surface area contributed by atoms with Gasteiger partial charge in [0.05, 0.1) is 37.7 Å². The Hall–Kier alpha value is -3.26. The molecule has 0 bridgehead atoms. The normalized spacial score (nSPS) is 20.7. The molecule has 5 rings (SSSR count). The van der Waals surface area contributed by atoms with Gasteiger partial charge in [-0.05, 0) is 23.3 Å². The maximum atomic E-state index is 6.42. The zero-order valence-corrected chi connectivity index (χ0v) is 17.7. The summed E-state index contributed by atoms with van der Waals surface area (Å²) in [4.78, 5) is 4.08. The maximum Gasteiger partial charge on any atom is 0.151 e. The lowest BCUT2D eigenvalue weighted by Gasteiger charge is -2.19. The van der Waals surface area contributed by atoms with Crippen LogP contribution < -0.4 is 5.73 Å². The van der Waals surface area contributed by atoms with E-state index in [0.29, 0.717) is 25.6 Å². The third kappa shape index (κ3) is 4.50. The Morgan fingerprint density at radius 2 is 1.66 bits per heavy atom. The summed E-state index contributed by atoms with van der Waals surface area (Å²) < 4.78 is 20.5. The molecule has 32 heavy (non-hydrogen) atoms. The van der Waals surface area contributed by atoms with Gasteiger partial charge in [0.15, 0.2) is 5.82 Å². The topological polar surface area (TPSA) is 83.9 Å². The van der Waals surface area contributed by atoms with E-state index < -0.39 is 0 Å². The van der Waals surface area contributed by atoms with Crippen molar-refractivity contribution >= 4 is 11.3 Å². The van der Waals surface area contributed by atoms with Crippen LogP contribution in [0.3, 0.4) is 0 Å². The van der Waals surface area contributed by atoms with Crippen LogP contribution in [0, 0.1) is 0 Å². The molecule has 164 valence electrons. The molecule has 2 aromatic heterocycles. The second-order valence-corrected chi connectivity index (χ2v) is 7.95. The van der Waals surface area contributed by atoms with Crippen LogP contribution in [0.1, 0.15) is 29.3 Å². The molecule has 0 radical (unpaired) electrons. The highest BCUT2D eigenvalue weighted by Gasteiger charge is 2.39. The summed E-state index contributed by atoms with van der Waals surface area (Å²) in [6.07, 6.45) is 1.71. The second kappa shape index (κ2) is 9.48. The average Bonchev–Trinajstić information content (AvgIpc) is 3.44. The molecule has 4 aromatic rings. The number of nitrogens with two attached hydrogens (primary N) is 1. The molecule has 3 atom stereocenters. The van der Waals surface area contributed by atoms with E-state index in [0.717, 1.165) is 28.8 Å². The molecule has 1 aliphatic rings. The highest BCUT2D eigenvalue weighted by atomic mass is 16.6. The molecule has 7 nitrogen and oxygen atoms in total. The highest BCUT2D eigenvalue weighted by molar-refractivity contribution is 5.65.